The van der Waals surface area contributed by atoms with Gasteiger partial charge in [0.05, 0.1) is 0 Å². The van der Waals surface area contributed by atoms with Crippen LogP contribution in [0, 0.1) is 6.92 Å². The topological polar surface area (TPSA) is 53.5 Å². The summed E-state index contributed by atoms with van der Waals surface area (Å²) in [6.45, 7) is 4.98. The highest BCUT2D eigenvalue weighted by atomic mass is 32.2. The first-order chi connectivity index (χ1) is 11.6. The van der Waals surface area contributed by atoms with Crippen LogP contribution >= 0.6 is 0 Å². The highest BCUT2D eigenvalue weighted by Crippen LogP contribution is 2.22. The minimum absolute atomic E-state index is 0.340. The van der Waals surface area contributed by atoms with Crippen LogP contribution in [0.2, 0.25) is 0 Å². The Morgan fingerprint density at radius 3 is 2.71 bits per heavy atom. The molecule has 0 aromatic heterocycles. The number of nitrogens with zero attached hydrogens (tertiary/aromatic N) is 1. The van der Waals surface area contributed by atoms with Gasteiger partial charge in [0.2, 0.25) is 0 Å². The average Bonchev–Trinajstić information content (AvgIpc) is 2.62. The summed E-state index contributed by atoms with van der Waals surface area (Å²) in [5, 5.41) is 7.26. The maximum Gasteiger partial charge on any atom is 0.191 e. The molecule has 0 spiro atoms. The van der Waals surface area contributed by atoms with Gasteiger partial charge >= 0.3 is 0 Å². The van der Waals surface area contributed by atoms with Gasteiger partial charge in [0.25, 0.3) is 0 Å². The van der Waals surface area contributed by atoms with E-state index in [9.17, 15) is 4.21 Å². The Balaban J connectivity index is 1.77. The Labute approximate surface area is 149 Å². The smallest absolute Gasteiger partial charge is 0.191 e. The van der Waals surface area contributed by atoms with E-state index in [0.29, 0.717) is 11.3 Å². The Kier molecular flexibility index (Phi) is 7.76. The summed E-state index contributed by atoms with van der Waals surface area (Å²) in [5.74, 6) is 1.62. The molecule has 134 valence electrons. The van der Waals surface area contributed by atoms with Crippen LogP contribution in [-0.4, -0.2) is 40.8 Å². The SMILES string of the molecule is CCS(=O)C1CCCC(NC(=NC)NCCc2ccc(C)cc2)C1. The van der Waals surface area contributed by atoms with Crippen molar-refractivity contribution >= 4 is 16.8 Å². The zero-order valence-corrected chi connectivity index (χ0v) is 16.0. The second-order valence-electron chi connectivity index (χ2n) is 6.53. The number of guanidine groups is 1. The monoisotopic (exact) mass is 349 g/mol. The predicted octanol–water partition coefficient (Wildman–Crippen LogP) is 2.78. The van der Waals surface area contributed by atoms with Crippen molar-refractivity contribution < 1.29 is 4.21 Å². The molecule has 0 saturated heterocycles. The molecule has 1 aliphatic carbocycles. The molecule has 5 heteroatoms. The molecule has 1 aromatic rings. The fourth-order valence-corrected chi connectivity index (χ4v) is 4.57. The van der Waals surface area contributed by atoms with Gasteiger partial charge in [-0.3, -0.25) is 9.20 Å². The fraction of sp³-hybridized carbons (Fsp3) is 0.632. The van der Waals surface area contributed by atoms with Gasteiger partial charge in [-0.1, -0.05) is 43.2 Å². The molecule has 0 aliphatic heterocycles. The number of rotatable bonds is 6. The van der Waals surface area contributed by atoms with Crippen molar-refractivity contribution in [1.82, 2.24) is 10.6 Å². The second-order valence-corrected chi connectivity index (χ2v) is 8.54. The summed E-state index contributed by atoms with van der Waals surface area (Å²) in [6.07, 6.45) is 5.34. The molecule has 1 fully saturated rings. The molecule has 1 aliphatic rings. The van der Waals surface area contributed by atoms with Crippen LogP contribution in [0.5, 0.6) is 0 Å². The number of aliphatic imine (C=N–C) groups is 1. The zero-order valence-electron chi connectivity index (χ0n) is 15.2. The van der Waals surface area contributed by atoms with Gasteiger partial charge in [-0.05, 0) is 38.2 Å². The molecule has 24 heavy (non-hydrogen) atoms. The number of aryl methyl sites for hydroxylation is 1. The summed E-state index contributed by atoms with van der Waals surface area (Å²) in [7, 11) is 1.13. The summed E-state index contributed by atoms with van der Waals surface area (Å²) < 4.78 is 12.1. The minimum Gasteiger partial charge on any atom is -0.356 e. The number of nitrogens with one attached hydrogen (secondary N) is 2. The molecule has 3 atom stereocenters. The van der Waals surface area contributed by atoms with E-state index in [-0.39, 0.29) is 0 Å². The summed E-state index contributed by atoms with van der Waals surface area (Å²) in [4.78, 5) is 4.34. The average molecular weight is 350 g/mol. The standard InChI is InChI=1S/C19H31N3OS/c1-4-24(23)18-7-5-6-17(14-18)22-19(20-3)21-13-12-16-10-8-15(2)9-11-16/h8-11,17-18H,4-7,12-14H2,1-3H3,(H2,20,21,22). The van der Waals surface area contributed by atoms with Crippen LogP contribution in [0.25, 0.3) is 0 Å². The van der Waals surface area contributed by atoms with Gasteiger partial charge in [0.1, 0.15) is 0 Å². The molecule has 0 heterocycles. The third-order valence-electron chi connectivity index (χ3n) is 4.67. The Bertz CT molecular complexity index is 556. The van der Waals surface area contributed by atoms with Gasteiger partial charge in [0.15, 0.2) is 5.96 Å². The van der Waals surface area contributed by atoms with Gasteiger partial charge in [-0.15, -0.1) is 0 Å². The van der Waals surface area contributed by atoms with Crippen molar-refractivity contribution in [2.24, 2.45) is 4.99 Å². The lowest BCUT2D eigenvalue weighted by molar-refractivity contribution is 0.413. The third-order valence-corrected chi connectivity index (χ3v) is 6.41. The predicted molar refractivity (Wildman–Crippen MR) is 104 cm³/mol. The third kappa shape index (κ3) is 5.93. The highest BCUT2D eigenvalue weighted by Gasteiger charge is 2.25. The molecule has 0 amide bonds. The summed E-state index contributed by atoms with van der Waals surface area (Å²) in [6, 6.07) is 9.04. The Morgan fingerprint density at radius 1 is 1.29 bits per heavy atom. The maximum atomic E-state index is 12.1. The molecule has 1 saturated carbocycles. The van der Waals surface area contributed by atoms with Crippen LogP contribution in [0.1, 0.15) is 43.7 Å². The van der Waals surface area contributed by atoms with E-state index in [0.717, 1.165) is 50.4 Å². The molecule has 2 N–H and O–H groups in total. The Hall–Kier alpha value is -1.36. The van der Waals surface area contributed by atoms with Crippen LogP contribution < -0.4 is 10.6 Å². The first-order valence-corrected chi connectivity index (χ1v) is 10.4. The van der Waals surface area contributed by atoms with Crippen molar-refractivity contribution in [3.05, 3.63) is 35.4 Å². The first kappa shape index (κ1) is 19.0. The number of benzene rings is 1. The van der Waals surface area contributed by atoms with Crippen molar-refractivity contribution in [2.45, 2.75) is 57.2 Å². The van der Waals surface area contributed by atoms with E-state index < -0.39 is 10.8 Å². The second kappa shape index (κ2) is 9.82. The number of hydrogen-bond acceptors (Lipinski definition) is 2. The van der Waals surface area contributed by atoms with E-state index in [1.165, 1.54) is 11.1 Å². The van der Waals surface area contributed by atoms with E-state index in [1.54, 1.807) is 0 Å². The molecular weight excluding hydrogens is 318 g/mol. The molecule has 2 rings (SSSR count). The minimum atomic E-state index is -0.683. The molecule has 4 nitrogen and oxygen atoms in total. The van der Waals surface area contributed by atoms with Crippen molar-refractivity contribution in [3.8, 4) is 0 Å². The van der Waals surface area contributed by atoms with E-state index in [4.69, 9.17) is 0 Å². The van der Waals surface area contributed by atoms with Crippen LogP contribution in [0.4, 0.5) is 0 Å². The van der Waals surface area contributed by atoms with Crippen molar-refractivity contribution in [1.29, 1.82) is 0 Å². The van der Waals surface area contributed by atoms with Gasteiger partial charge in [0, 0.05) is 41.4 Å². The van der Waals surface area contributed by atoms with E-state index >= 15 is 0 Å². The van der Waals surface area contributed by atoms with Gasteiger partial charge in [-0.2, -0.15) is 0 Å². The zero-order chi connectivity index (χ0) is 17.4. The van der Waals surface area contributed by atoms with Crippen molar-refractivity contribution in [3.63, 3.8) is 0 Å². The van der Waals surface area contributed by atoms with Crippen molar-refractivity contribution in [2.75, 3.05) is 19.3 Å². The molecule has 0 radical (unpaired) electrons. The molecule has 1 aromatic carbocycles. The Morgan fingerprint density at radius 2 is 2.04 bits per heavy atom. The number of hydrogen-bond donors (Lipinski definition) is 2. The molecular formula is C19H31N3OS. The quantitative estimate of drug-likeness (QED) is 0.613. The van der Waals surface area contributed by atoms with E-state index in [2.05, 4.69) is 46.8 Å². The van der Waals surface area contributed by atoms with E-state index in [1.807, 2.05) is 14.0 Å². The van der Waals surface area contributed by atoms with Crippen LogP contribution in [-0.2, 0) is 17.2 Å². The van der Waals surface area contributed by atoms with Crippen LogP contribution in [0.15, 0.2) is 29.3 Å². The normalized spacial score (nSPS) is 22.9. The first-order valence-electron chi connectivity index (χ1n) is 9.02. The maximum absolute atomic E-state index is 12.1. The highest BCUT2D eigenvalue weighted by molar-refractivity contribution is 7.85. The largest absolute Gasteiger partial charge is 0.356 e. The summed E-state index contributed by atoms with van der Waals surface area (Å²) >= 11 is 0. The van der Waals surface area contributed by atoms with Crippen LogP contribution in [0.3, 0.4) is 0 Å². The summed E-state index contributed by atoms with van der Waals surface area (Å²) in [5.41, 5.74) is 2.63. The molecule has 0 bridgehead atoms. The molecule has 3 unspecified atom stereocenters. The van der Waals surface area contributed by atoms with Gasteiger partial charge < -0.3 is 10.6 Å². The lowest BCUT2D eigenvalue weighted by atomic mass is 9.95. The van der Waals surface area contributed by atoms with Gasteiger partial charge in [-0.25, -0.2) is 0 Å². The fourth-order valence-electron chi connectivity index (χ4n) is 3.22. The lowest BCUT2D eigenvalue weighted by Gasteiger charge is -2.30. The lowest BCUT2D eigenvalue weighted by Crippen LogP contribution is -2.47.